The fourth-order valence-corrected chi connectivity index (χ4v) is 5.64. The highest BCUT2D eigenvalue weighted by molar-refractivity contribution is 6.06. The van der Waals surface area contributed by atoms with Crippen LogP contribution in [0.25, 0.3) is 0 Å². The maximum Gasteiger partial charge on any atom is 0.255 e. The standard InChI is InChI=1S/C17H16N2O3.C16H14N2O4/c1-2-3-4-11-5-6-13-12(9-11)10-19(17(13)22)14-7-8-15(20)18-16(14)21;19-7-1-2-10-3-4-12-11(8-10)9-18(16(12)22)13-5-6-14(20)17-15(13)21/h5-6,9,14H,2,7-8,10H2,1H3,(H,18,20,21);3-4,8,13,19H,5-7,9H2,(H,17,20,21). The highest BCUT2D eigenvalue weighted by Crippen LogP contribution is 2.29. The van der Waals surface area contributed by atoms with E-state index in [0.29, 0.717) is 42.6 Å². The fraction of sp³-hybridized carbons (Fsp3) is 0.333. The molecular weight excluding hydrogens is 564 g/mol. The molecule has 0 spiro atoms. The molecule has 2 saturated heterocycles. The Morgan fingerprint density at radius 1 is 0.727 bits per heavy atom. The summed E-state index contributed by atoms with van der Waals surface area (Å²) in [7, 11) is 0. The van der Waals surface area contributed by atoms with Crippen LogP contribution in [-0.4, -0.2) is 69.0 Å². The van der Waals surface area contributed by atoms with E-state index in [9.17, 15) is 28.8 Å². The topological polar surface area (TPSA) is 153 Å². The number of aliphatic hydroxyl groups is 1. The Morgan fingerprint density at radius 3 is 1.59 bits per heavy atom. The third-order valence-electron chi connectivity index (χ3n) is 7.77. The molecule has 6 rings (SSSR count). The van der Waals surface area contributed by atoms with Gasteiger partial charge in [-0.15, -0.1) is 0 Å². The van der Waals surface area contributed by atoms with Crippen LogP contribution in [0.4, 0.5) is 0 Å². The second-order valence-corrected chi connectivity index (χ2v) is 10.7. The van der Waals surface area contributed by atoms with E-state index in [0.717, 1.165) is 23.1 Å². The lowest BCUT2D eigenvalue weighted by Gasteiger charge is -2.29. The number of nitrogens with one attached hydrogen (secondary N) is 2. The van der Waals surface area contributed by atoms with E-state index in [1.807, 2.05) is 19.1 Å². The Balaban J connectivity index is 0.000000175. The molecule has 2 atom stereocenters. The van der Waals surface area contributed by atoms with Crippen LogP contribution >= 0.6 is 0 Å². The Morgan fingerprint density at radius 2 is 1.18 bits per heavy atom. The molecule has 0 aromatic heterocycles. The first-order chi connectivity index (χ1) is 21.2. The van der Waals surface area contributed by atoms with Crippen LogP contribution in [-0.2, 0) is 32.3 Å². The molecule has 0 aliphatic carbocycles. The Hall–Kier alpha value is -5.26. The second kappa shape index (κ2) is 12.9. The first-order valence-corrected chi connectivity index (χ1v) is 14.3. The molecule has 0 bridgehead atoms. The molecule has 2 aromatic carbocycles. The first-order valence-electron chi connectivity index (χ1n) is 14.3. The predicted molar refractivity (Wildman–Crippen MR) is 156 cm³/mol. The third kappa shape index (κ3) is 6.24. The monoisotopic (exact) mass is 594 g/mol. The van der Waals surface area contributed by atoms with E-state index < -0.39 is 18.0 Å². The van der Waals surface area contributed by atoms with Crippen molar-refractivity contribution in [3.8, 4) is 23.7 Å². The van der Waals surface area contributed by atoms with Gasteiger partial charge in [0.05, 0.1) is 0 Å². The molecule has 3 N–H and O–H groups in total. The van der Waals surface area contributed by atoms with Gasteiger partial charge in [0, 0.05) is 54.6 Å². The highest BCUT2D eigenvalue weighted by Gasteiger charge is 2.40. The number of amides is 6. The maximum absolute atomic E-state index is 12.5. The van der Waals surface area contributed by atoms with Gasteiger partial charge in [0.15, 0.2) is 0 Å². The first kappa shape index (κ1) is 30.2. The zero-order valence-corrected chi connectivity index (χ0v) is 24.1. The minimum Gasteiger partial charge on any atom is -0.384 e. The number of hydrogen-bond acceptors (Lipinski definition) is 7. The van der Waals surface area contributed by atoms with Gasteiger partial charge in [-0.1, -0.05) is 30.6 Å². The highest BCUT2D eigenvalue weighted by atomic mass is 16.2. The Bertz CT molecular complexity index is 1580. The SMILES string of the molecule is CCC#Cc1ccc2c(c1)CN(C1CCC(=O)NC1=O)C2=O.O=C1CCC(N2Cc3cc(C#CCO)ccc3C2=O)C(=O)N1. The Labute approximate surface area is 254 Å². The normalized spacial score (nSPS) is 20.3. The van der Waals surface area contributed by atoms with E-state index in [4.69, 9.17) is 5.11 Å². The molecule has 11 nitrogen and oxygen atoms in total. The zero-order chi connectivity index (χ0) is 31.4. The number of fused-ring (bicyclic) bond motifs is 2. The summed E-state index contributed by atoms with van der Waals surface area (Å²) in [6.07, 6.45) is 2.01. The predicted octanol–water partition coefficient (Wildman–Crippen LogP) is 1.00. The van der Waals surface area contributed by atoms with Crippen molar-refractivity contribution < 1.29 is 33.9 Å². The molecule has 4 aliphatic heterocycles. The summed E-state index contributed by atoms with van der Waals surface area (Å²) in [4.78, 5) is 74.3. The zero-order valence-electron chi connectivity index (χ0n) is 24.1. The van der Waals surface area contributed by atoms with Gasteiger partial charge in [0.1, 0.15) is 18.7 Å². The summed E-state index contributed by atoms with van der Waals surface area (Å²) in [5.74, 6) is 9.67. The quantitative estimate of drug-likeness (QED) is 0.346. The van der Waals surface area contributed by atoms with Crippen molar-refractivity contribution >= 4 is 35.4 Å². The second-order valence-electron chi connectivity index (χ2n) is 10.7. The largest absolute Gasteiger partial charge is 0.384 e. The number of aliphatic hydroxyl groups excluding tert-OH is 1. The van der Waals surface area contributed by atoms with E-state index in [2.05, 4.69) is 34.3 Å². The maximum atomic E-state index is 12.5. The van der Waals surface area contributed by atoms with Crippen LogP contribution in [0.3, 0.4) is 0 Å². The summed E-state index contributed by atoms with van der Waals surface area (Å²) in [5.41, 5.74) is 4.45. The molecule has 4 aliphatic rings. The number of rotatable bonds is 2. The number of hydrogen-bond donors (Lipinski definition) is 3. The summed E-state index contributed by atoms with van der Waals surface area (Å²) in [6, 6.07) is 9.52. The number of benzene rings is 2. The third-order valence-corrected chi connectivity index (χ3v) is 7.77. The van der Waals surface area contributed by atoms with Gasteiger partial charge in [-0.05, 0) is 60.4 Å². The molecule has 0 saturated carbocycles. The molecule has 4 heterocycles. The van der Waals surface area contributed by atoms with Crippen molar-refractivity contribution in [1.82, 2.24) is 20.4 Å². The van der Waals surface area contributed by atoms with Crippen molar-refractivity contribution in [2.24, 2.45) is 0 Å². The smallest absolute Gasteiger partial charge is 0.255 e. The van der Waals surface area contributed by atoms with Gasteiger partial charge < -0.3 is 14.9 Å². The number of piperidine rings is 2. The molecular formula is C33H30N4O7. The lowest BCUT2D eigenvalue weighted by molar-refractivity contribution is -0.138. The van der Waals surface area contributed by atoms with Crippen LogP contribution in [0.2, 0.25) is 0 Å². The number of carbonyl (C=O) groups is 6. The van der Waals surface area contributed by atoms with Crippen LogP contribution in [0.5, 0.6) is 0 Å². The van der Waals surface area contributed by atoms with Gasteiger partial charge in [-0.2, -0.15) is 0 Å². The van der Waals surface area contributed by atoms with Crippen molar-refractivity contribution in [3.05, 3.63) is 69.8 Å². The van der Waals surface area contributed by atoms with Gasteiger partial charge in [-0.3, -0.25) is 39.4 Å². The molecule has 6 amide bonds. The average Bonchev–Trinajstić information content (AvgIpc) is 3.50. The van der Waals surface area contributed by atoms with Crippen LogP contribution < -0.4 is 10.6 Å². The van der Waals surface area contributed by atoms with E-state index in [1.165, 1.54) is 4.90 Å². The summed E-state index contributed by atoms with van der Waals surface area (Å²) in [6.45, 7) is 2.48. The van der Waals surface area contributed by atoms with Gasteiger partial charge >= 0.3 is 0 Å². The Kier molecular flexibility index (Phi) is 8.88. The van der Waals surface area contributed by atoms with E-state index in [1.54, 1.807) is 29.2 Å². The minimum absolute atomic E-state index is 0.153. The van der Waals surface area contributed by atoms with E-state index >= 15 is 0 Å². The summed E-state index contributed by atoms with van der Waals surface area (Å²) in [5, 5.41) is 13.3. The summed E-state index contributed by atoms with van der Waals surface area (Å²) < 4.78 is 0. The lowest BCUT2D eigenvalue weighted by atomic mass is 10.0. The molecule has 11 heteroatoms. The van der Waals surface area contributed by atoms with E-state index in [-0.39, 0.29) is 49.0 Å². The van der Waals surface area contributed by atoms with Crippen LogP contribution in [0.15, 0.2) is 36.4 Å². The number of imide groups is 2. The molecule has 0 radical (unpaired) electrons. The van der Waals surface area contributed by atoms with Gasteiger partial charge in [-0.25, -0.2) is 0 Å². The van der Waals surface area contributed by atoms with Crippen molar-refractivity contribution in [2.45, 2.75) is 64.2 Å². The molecule has 44 heavy (non-hydrogen) atoms. The lowest BCUT2D eigenvalue weighted by Crippen LogP contribution is -2.52. The molecule has 2 fully saturated rings. The summed E-state index contributed by atoms with van der Waals surface area (Å²) >= 11 is 0. The molecule has 224 valence electrons. The van der Waals surface area contributed by atoms with Crippen molar-refractivity contribution in [2.75, 3.05) is 6.61 Å². The minimum atomic E-state index is -0.607. The fourth-order valence-electron chi connectivity index (χ4n) is 5.64. The number of nitrogens with zero attached hydrogens (tertiary/aromatic N) is 2. The molecule has 2 unspecified atom stereocenters. The van der Waals surface area contributed by atoms with Gasteiger partial charge in [0.2, 0.25) is 23.6 Å². The van der Waals surface area contributed by atoms with Crippen LogP contribution in [0.1, 0.15) is 82.0 Å². The van der Waals surface area contributed by atoms with Crippen LogP contribution in [0, 0.1) is 23.7 Å². The van der Waals surface area contributed by atoms with Crippen molar-refractivity contribution in [1.29, 1.82) is 0 Å². The number of carbonyl (C=O) groups excluding carboxylic acids is 6. The van der Waals surface area contributed by atoms with Crippen molar-refractivity contribution in [3.63, 3.8) is 0 Å². The van der Waals surface area contributed by atoms with Gasteiger partial charge in [0.25, 0.3) is 11.8 Å². The average molecular weight is 595 g/mol. The molecule has 2 aromatic rings.